The third-order valence-corrected chi connectivity index (χ3v) is 3.88. The molecular formula is C14H22N4O2. The quantitative estimate of drug-likeness (QED) is 0.756. The molecule has 6 nitrogen and oxygen atoms in total. The average molecular weight is 278 g/mol. The van der Waals surface area contributed by atoms with Gasteiger partial charge in [-0.3, -0.25) is 0 Å². The summed E-state index contributed by atoms with van der Waals surface area (Å²) in [6, 6.07) is 1.44. The van der Waals surface area contributed by atoms with E-state index in [4.69, 9.17) is 10.8 Å². The minimum Gasteiger partial charge on any atom is -0.478 e. The molecule has 1 aromatic heterocycles. The second kappa shape index (κ2) is 6.56. The number of carboxylic acids is 1. The summed E-state index contributed by atoms with van der Waals surface area (Å²) in [6.45, 7) is 6.42. The van der Waals surface area contributed by atoms with Gasteiger partial charge in [0.05, 0.1) is 11.3 Å². The molecule has 1 aliphatic rings. The van der Waals surface area contributed by atoms with E-state index in [1.54, 1.807) is 0 Å². The van der Waals surface area contributed by atoms with Crippen LogP contribution in [0.3, 0.4) is 0 Å². The summed E-state index contributed by atoms with van der Waals surface area (Å²) in [6.07, 6.45) is 3.68. The number of nitrogens with one attached hydrogen (secondary N) is 1. The van der Waals surface area contributed by atoms with E-state index in [2.05, 4.69) is 22.1 Å². The molecule has 0 amide bonds. The van der Waals surface area contributed by atoms with Crippen molar-refractivity contribution in [3.05, 3.63) is 17.8 Å². The molecular weight excluding hydrogens is 256 g/mol. The summed E-state index contributed by atoms with van der Waals surface area (Å²) in [7, 11) is 0. The molecule has 6 heteroatoms. The van der Waals surface area contributed by atoms with E-state index >= 15 is 0 Å². The number of hydrogen-bond donors (Lipinski definition) is 3. The fourth-order valence-electron chi connectivity index (χ4n) is 2.49. The first-order valence-corrected chi connectivity index (χ1v) is 7.05. The molecule has 1 fully saturated rings. The number of likely N-dealkylation sites (tertiary alicyclic amines) is 1. The van der Waals surface area contributed by atoms with Gasteiger partial charge in [-0.15, -0.1) is 0 Å². The number of nitrogens with two attached hydrogens (primary N) is 1. The van der Waals surface area contributed by atoms with Gasteiger partial charge in [-0.05, 0) is 44.5 Å². The average Bonchev–Trinajstić information content (AvgIpc) is 2.46. The first-order chi connectivity index (χ1) is 9.60. The summed E-state index contributed by atoms with van der Waals surface area (Å²) in [5.74, 6) is 0.189. The fourth-order valence-corrected chi connectivity index (χ4v) is 2.49. The highest BCUT2D eigenvalue weighted by Gasteiger charge is 2.18. The van der Waals surface area contributed by atoms with Crippen molar-refractivity contribution in [2.24, 2.45) is 5.92 Å². The molecule has 2 rings (SSSR count). The van der Waals surface area contributed by atoms with Crippen LogP contribution in [-0.4, -0.2) is 47.1 Å². The Morgan fingerprint density at radius 3 is 2.80 bits per heavy atom. The van der Waals surface area contributed by atoms with Crippen LogP contribution >= 0.6 is 0 Å². The minimum atomic E-state index is -1.01. The van der Waals surface area contributed by atoms with Crippen molar-refractivity contribution in [3.8, 4) is 0 Å². The van der Waals surface area contributed by atoms with Gasteiger partial charge in [0.25, 0.3) is 0 Å². The van der Waals surface area contributed by atoms with Crippen molar-refractivity contribution in [1.29, 1.82) is 0 Å². The molecule has 0 saturated carbocycles. The van der Waals surface area contributed by atoms with Crippen LogP contribution in [0.4, 0.5) is 11.5 Å². The zero-order chi connectivity index (χ0) is 14.5. The molecule has 0 radical (unpaired) electrons. The zero-order valence-corrected chi connectivity index (χ0v) is 11.8. The monoisotopic (exact) mass is 278 g/mol. The number of carbonyl (C=O) groups is 1. The van der Waals surface area contributed by atoms with Gasteiger partial charge in [0.15, 0.2) is 0 Å². The van der Waals surface area contributed by atoms with Crippen molar-refractivity contribution < 1.29 is 9.90 Å². The Bertz CT molecular complexity index is 470. The summed E-state index contributed by atoms with van der Waals surface area (Å²) in [5.41, 5.74) is 6.32. The Hall–Kier alpha value is -1.82. The Balaban J connectivity index is 1.87. The minimum absolute atomic E-state index is 0.115. The van der Waals surface area contributed by atoms with Crippen LogP contribution in [-0.2, 0) is 0 Å². The van der Waals surface area contributed by atoms with Gasteiger partial charge in [0.2, 0.25) is 0 Å². The molecule has 20 heavy (non-hydrogen) atoms. The van der Waals surface area contributed by atoms with Gasteiger partial charge < -0.3 is 21.1 Å². The highest BCUT2D eigenvalue weighted by Crippen LogP contribution is 2.20. The SMILES string of the molecule is CCN1CCC(CNc2ncc(C(=O)O)cc2N)CC1. The zero-order valence-electron chi connectivity index (χ0n) is 11.8. The van der Waals surface area contributed by atoms with Crippen LogP contribution < -0.4 is 11.1 Å². The van der Waals surface area contributed by atoms with Crippen molar-refractivity contribution in [2.45, 2.75) is 19.8 Å². The van der Waals surface area contributed by atoms with E-state index in [-0.39, 0.29) is 5.56 Å². The van der Waals surface area contributed by atoms with Crippen molar-refractivity contribution in [1.82, 2.24) is 9.88 Å². The molecule has 0 unspecified atom stereocenters. The highest BCUT2D eigenvalue weighted by atomic mass is 16.4. The molecule has 0 aromatic carbocycles. The standard InChI is InChI=1S/C14H22N4O2/c1-2-18-5-3-10(4-6-18)8-16-13-12(15)7-11(9-17-13)14(19)20/h7,9-10H,2-6,8,15H2,1H3,(H,16,17)(H,19,20). The van der Waals surface area contributed by atoms with Crippen molar-refractivity contribution >= 4 is 17.5 Å². The lowest BCUT2D eigenvalue weighted by Gasteiger charge is -2.31. The third kappa shape index (κ3) is 3.60. The van der Waals surface area contributed by atoms with E-state index in [1.807, 2.05) is 0 Å². The maximum absolute atomic E-state index is 10.8. The number of aromatic nitrogens is 1. The smallest absolute Gasteiger partial charge is 0.337 e. The lowest BCUT2D eigenvalue weighted by molar-refractivity contribution is 0.0696. The van der Waals surface area contributed by atoms with Gasteiger partial charge in [-0.2, -0.15) is 0 Å². The number of hydrogen-bond acceptors (Lipinski definition) is 5. The molecule has 0 aliphatic carbocycles. The molecule has 4 N–H and O–H groups in total. The first kappa shape index (κ1) is 14.6. The number of aromatic carboxylic acids is 1. The molecule has 0 bridgehead atoms. The molecule has 110 valence electrons. The van der Waals surface area contributed by atoms with Crippen LogP contribution in [0.25, 0.3) is 0 Å². The number of nitrogen functional groups attached to an aromatic ring is 1. The molecule has 1 saturated heterocycles. The van der Waals surface area contributed by atoms with E-state index in [0.717, 1.165) is 26.2 Å². The highest BCUT2D eigenvalue weighted by molar-refractivity contribution is 5.89. The third-order valence-electron chi connectivity index (χ3n) is 3.88. The number of piperidine rings is 1. The number of rotatable bonds is 5. The predicted molar refractivity (Wildman–Crippen MR) is 78.9 cm³/mol. The lowest BCUT2D eigenvalue weighted by Crippen LogP contribution is -2.35. The van der Waals surface area contributed by atoms with Gasteiger partial charge in [-0.25, -0.2) is 9.78 Å². The molecule has 2 heterocycles. The fraction of sp³-hybridized carbons (Fsp3) is 0.571. The van der Waals surface area contributed by atoms with E-state index in [0.29, 0.717) is 17.4 Å². The summed E-state index contributed by atoms with van der Waals surface area (Å²) in [5, 5.41) is 12.1. The van der Waals surface area contributed by atoms with Gasteiger partial charge in [0, 0.05) is 12.7 Å². The Kier molecular flexibility index (Phi) is 4.79. The van der Waals surface area contributed by atoms with Crippen molar-refractivity contribution in [2.75, 3.05) is 37.2 Å². The van der Waals surface area contributed by atoms with Crippen LogP contribution in [0.5, 0.6) is 0 Å². The summed E-state index contributed by atoms with van der Waals surface area (Å²) in [4.78, 5) is 17.3. The van der Waals surface area contributed by atoms with Gasteiger partial charge in [0.1, 0.15) is 5.82 Å². The van der Waals surface area contributed by atoms with Crippen LogP contribution in [0.1, 0.15) is 30.1 Å². The maximum atomic E-state index is 10.8. The topological polar surface area (TPSA) is 91.5 Å². The number of carboxylic acid groups (broad SMARTS) is 1. The summed E-state index contributed by atoms with van der Waals surface area (Å²) >= 11 is 0. The normalized spacial score (nSPS) is 17.1. The predicted octanol–water partition coefficient (Wildman–Crippen LogP) is 1.51. The largest absolute Gasteiger partial charge is 0.478 e. The molecule has 1 aliphatic heterocycles. The lowest BCUT2D eigenvalue weighted by atomic mass is 9.97. The number of pyridine rings is 1. The van der Waals surface area contributed by atoms with Crippen LogP contribution in [0.2, 0.25) is 0 Å². The first-order valence-electron chi connectivity index (χ1n) is 7.05. The van der Waals surface area contributed by atoms with E-state index in [9.17, 15) is 4.79 Å². The Morgan fingerprint density at radius 2 is 2.25 bits per heavy atom. The van der Waals surface area contributed by atoms with Gasteiger partial charge in [-0.1, -0.05) is 6.92 Å². The second-order valence-corrected chi connectivity index (χ2v) is 5.23. The van der Waals surface area contributed by atoms with E-state index in [1.165, 1.54) is 25.1 Å². The Labute approximate surface area is 119 Å². The molecule has 0 spiro atoms. The van der Waals surface area contributed by atoms with Crippen LogP contribution in [0, 0.1) is 5.92 Å². The Morgan fingerprint density at radius 1 is 1.55 bits per heavy atom. The molecule has 1 aromatic rings. The molecule has 0 atom stereocenters. The summed E-state index contributed by atoms with van der Waals surface area (Å²) < 4.78 is 0. The number of nitrogens with zero attached hydrogens (tertiary/aromatic N) is 2. The van der Waals surface area contributed by atoms with Crippen LogP contribution in [0.15, 0.2) is 12.3 Å². The second-order valence-electron chi connectivity index (χ2n) is 5.23. The van der Waals surface area contributed by atoms with Crippen molar-refractivity contribution in [3.63, 3.8) is 0 Å². The number of anilines is 2. The van der Waals surface area contributed by atoms with E-state index < -0.39 is 5.97 Å². The maximum Gasteiger partial charge on any atom is 0.337 e. The van der Waals surface area contributed by atoms with Gasteiger partial charge >= 0.3 is 5.97 Å².